The van der Waals surface area contributed by atoms with Gasteiger partial charge in [0.1, 0.15) is 5.58 Å². The number of aromatic nitrogens is 1. The molecule has 4 aromatic rings. The molecule has 0 radical (unpaired) electrons. The lowest BCUT2D eigenvalue weighted by Gasteiger charge is -2.08. The Morgan fingerprint density at radius 3 is 2.68 bits per heavy atom. The fourth-order valence-electron chi connectivity index (χ4n) is 3.03. The van der Waals surface area contributed by atoms with Crippen molar-refractivity contribution in [3.05, 3.63) is 86.7 Å². The fraction of sp³-hybridized carbons (Fsp3) is 0.136. The topological polar surface area (TPSA) is 69.4 Å². The van der Waals surface area contributed by atoms with Crippen LogP contribution in [0.2, 0.25) is 5.02 Å². The Balaban J connectivity index is 1.66. The molecule has 0 aliphatic rings. The molecule has 0 saturated heterocycles. The SMILES string of the molecule is Cc1nc2oc3ccc(Cl)cc3c(=O)c2cc1C(=O)OCCc1ccccc1. The molecule has 0 N–H and O–H groups in total. The molecule has 2 heterocycles. The predicted molar refractivity (Wildman–Crippen MR) is 108 cm³/mol. The molecule has 6 heteroatoms. The number of pyridine rings is 1. The van der Waals surface area contributed by atoms with E-state index in [2.05, 4.69) is 4.98 Å². The van der Waals surface area contributed by atoms with Gasteiger partial charge in [-0.05, 0) is 36.8 Å². The minimum absolute atomic E-state index is 0.179. The van der Waals surface area contributed by atoms with Crippen molar-refractivity contribution in [1.29, 1.82) is 0 Å². The Hall–Kier alpha value is -3.18. The molecule has 0 unspecified atom stereocenters. The van der Waals surface area contributed by atoms with Crippen molar-refractivity contribution in [2.75, 3.05) is 6.61 Å². The molecule has 4 rings (SSSR count). The van der Waals surface area contributed by atoms with Gasteiger partial charge in [0.15, 0.2) is 0 Å². The molecule has 0 fully saturated rings. The van der Waals surface area contributed by atoms with Gasteiger partial charge in [-0.1, -0.05) is 41.9 Å². The van der Waals surface area contributed by atoms with Crippen LogP contribution in [-0.2, 0) is 11.2 Å². The molecule has 140 valence electrons. The normalized spacial score (nSPS) is 11.1. The van der Waals surface area contributed by atoms with Gasteiger partial charge in [-0.15, -0.1) is 0 Å². The van der Waals surface area contributed by atoms with Crippen molar-refractivity contribution >= 4 is 39.6 Å². The number of hydrogen-bond donors (Lipinski definition) is 0. The summed E-state index contributed by atoms with van der Waals surface area (Å²) < 4.78 is 11.1. The summed E-state index contributed by atoms with van der Waals surface area (Å²) in [6.07, 6.45) is 0.609. The summed E-state index contributed by atoms with van der Waals surface area (Å²) in [7, 11) is 0. The quantitative estimate of drug-likeness (QED) is 0.371. The van der Waals surface area contributed by atoms with Crippen LogP contribution in [0.4, 0.5) is 0 Å². The number of esters is 1. The van der Waals surface area contributed by atoms with E-state index in [0.29, 0.717) is 28.1 Å². The zero-order valence-corrected chi connectivity index (χ0v) is 15.8. The van der Waals surface area contributed by atoms with Crippen LogP contribution >= 0.6 is 11.6 Å². The number of hydrogen-bond acceptors (Lipinski definition) is 5. The number of rotatable bonds is 4. The molecule has 5 nitrogen and oxygen atoms in total. The summed E-state index contributed by atoms with van der Waals surface area (Å²) >= 11 is 5.99. The van der Waals surface area contributed by atoms with Gasteiger partial charge in [0.25, 0.3) is 0 Å². The largest absolute Gasteiger partial charge is 0.462 e. The summed E-state index contributed by atoms with van der Waals surface area (Å²) in [5, 5.41) is 0.990. The molecular formula is C22H16ClNO4. The number of halogens is 1. The highest BCUT2D eigenvalue weighted by molar-refractivity contribution is 6.31. The third-order valence-corrected chi connectivity index (χ3v) is 4.74. The van der Waals surface area contributed by atoms with E-state index >= 15 is 0 Å². The highest BCUT2D eigenvalue weighted by atomic mass is 35.5. The van der Waals surface area contributed by atoms with Crippen LogP contribution in [0.5, 0.6) is 0 Å². The van der Waals surface area contributed by atoms with Crippen molar-refractivity contribution in [3.8, 4) is 0 Å². The first-order valence-electron chi connectivity index (χ1n) is 8.78. The van der Waals surface area contributed by atoms with Gasteiger partial charge in [-0.25, -0.2) is 9.78 Å². The standard InChI is InChI=1S/C22H16ClNO4/c1-13-16(22(26)27-10-9-14-5-3-2-4-6-14)12-18-20(25)17-11-15(23)7-8-19(17)28-21(18)24-13/h2-8,11-12H,9-10H2,1H3. The van der Waals surface area contributed by atoms with Gasteiger partial charge in [-0.2, -0.15) is 0 Å². The second-order valence-corrected chi connectivity index (χ2v) is 6.85. The van der Waals surface area contributed by atoms with Crippen LogP contribution in [0.25, 0.3) is 22.1 Å². The lowest BCUT2D eigenvalue weighted by Crippen LogP contribution is -2.12. The number of benzene rings is 2. The van der Waals surface area contributed by atoms with Crippen LogP contribution in [0.3, 0.4) is 0 Å². The van der Waals surface area contributed by atoms with Gasteiger partial charge < -0.3 is 9.15 Å². The molecule has 0 spiro atoms. The lowest BCUT2D eigenvalue weighted by molar-refractivity contribution is 0.0508. The first kappa shape index (κ1) is 18.2. The zero-order chi connectivity index (χ0) is 19.7. The molecule has 0 aliphatic carbocycles. The predicted octanol–water partition coefficient (Wildman–Crippen LogP) is 4.70. The van der Waals surface area contributed by atoms with Crippen molar-refractivity contribution < 1.29 is 13.9 Å². The average Bonchev–Trinajstić information content (AvgIpc) is 2.69. The number of fused-ring (bicyclic) bond motifs is 2. The van der Waals surface area contributed by atoms with Crippen molar-refractivity contribution in [3.63, 3.8) is 0 Å². The minimum atomic E-state index is -0.520. The second-order valence-electron chi connectivity index (χ2n) is 6.42. The smallest absolute Gasteiger partial charge is 0.340 e. The Kier molecular flexibility index (Phi) is 4.84. The third kappa shape index (κ3) is 3.49. The van der Waals surface area contributed by atoms with Gasteiger partial charge >= 0.3 is 5.97 Å². The van der Waals surface area contributed by atoms with Crippen LogP contribution in [-0.4, -0.2) is 17.6 Å². The Morgan fingerprint density at radius 2 is 1.89 bits per heavy atom. The first-order valence-corrected chi connectivity index (χ1v) is 9.15. The van der Waals surface area contributed by atoms with E-state index in [1.807, 2.05) is 30.3 Å². The minimum Gasteiger partial charge on any atom is -0.462 e. The van der Waals surface area contributed by atoms with Gasteiger partial charge in [-0.3, -0.25) is 4.79 Å². The Bertz CT molecular complexity index is 1250. The number of carbonyl (C=O) groups is 1. The number of nitrogens with zero attached hydrogens (tertiary/aromatic N) is 1. The summed E-state index contributed by atoms with van der Waals surface area (Å²) in [5.74, 6) is -0.520. The summed E-state index contributed by atoms with van der Waals surface area (Å²) in [4.78, 5) is 29.6. The zero-order valence-electron chi connectivity index (χ0n) is 15.1. The molecule has 0 aliphatic heterocycles. The van der Waals surface area contributed by atoms with E-state index in [-0.39, 0.29) is 28.7 Å². The second kappa shape index (κ2) is 7.44. The van der Waals surface area contributed by atoms with Crippen LogP contribution < -0.4 is 5.43 Å². The van der Waals surface area contributed by atoms with Crippen LogP contribution in [0, 0.1) is 6.92 Å². The van der Waals surface area contributed by atoms with Crippen molar-refractivity contribution in [2.24, 2.45) is 0 Å². The van der Waals surface area contributed by atoms with E-state index in [4.69, 9.17) is 20.8 Å². The lowest BCUT2D eigenvalue weighted by atomic mass is 10.1. The number of aryl methyl sites for hydroxylation is 1. The molecular weight excluding hydrogens is 378 g/mol. The van der Waals surface area contributed by atoms with Crippen LogP contribution in [0.1, 0.15) is 21.6 Å². The molecule has 0 bridgehead atoms. The maximum Gasteiger partial charge on any atom is 0.340 e. The van der Waals surface area contributed by atoms with E-state index in [1.54, 1.807) is 25.1 Å². The Labute approximate surface area is 165 Å². The van der Waals surface area contributed by atoms with Gasteiger partial charge in [0, 0.05) is 11.4 Å². The van der Waals surface area contributed by atoms with Gasteiger partial charge in [0.2, 0.25) is 11.1 Å². The van der Waals surface area contributed by atoms with E-state index in [9.17, 15) is 9.59 Å². The molecule has 28 heavy (non-hydrogen) atoms. The summed E-state index contributed by atoms with van der Waals surface area (Å²) in [5.41, 5.74) is 2.05. The van der Waals surface area contributed by atoms with E-state index in [1.165, 1.54) is 6.07 Å². The average molecular weight is 394 g/mol. The Morgan fingerprint density at radius 1 is 1.11 bits per heavy atom. The monoisotopic (exact) mass is 393 g/mol. The molecule has 0 atom stereocenters. The van der Waals surface area contributed by atoms with Crippen LogP contribution in [0.15, 0.2) is 63.8 Å². The maximum atomic E-state index is 12.8. The third-order valence-electron chi connectivity index (χ3n) is 4.50. The van der Waals surface area contributed by atoms with Gasteiger partial charge in [0.05, 0.1) is 28.6 Å². The maximum absolute atomic E-state index is 12.8. The van der Waals surface area contributed by atoms with Crippen molar-refractivity contribution in [2.45, 2.75) is 13.3 Å². The summed E-state index contributed by atoms with van der Waals surface area (Å²) in [6.45, 7) is 1.92. The van der Waals surface area contributed by atoms with E-state index in [0.717, 1.165) is 5.56 Å². The molecule has 0 amide bonds. The number of ether oxygens (including phenoxy) is 1. The molecule has 2 aromatic carbocycles. The highest BCUT2D eigenvalue weighted by Gasteiger charge is 2.17. The first-order chi connectivity index (χ1) is 13.5. The van der Waals surface area contributed by atoms with E-state index < -0.39 is 5.97 Å². The fourth-order valence-corrected chi connectivity index (χ4v) is 3.20. The summed E-state index contributed by atoms with van der Waals surface area (Å²) in [6, 6.07) is 16.0. The highest BCUT2D eigenvalue weighted by Crippen LogP contribution is 2.22. The molecule has 2 aromatic heterocycles. The number of carbonyl (C=O) groups excluding carboxylic acids is 1. The van der Waals surface area contributed by atoms with Crippen molar-refractivity contribution in [1.82, 2.24) is 4.98 Å². The molecule has 0 saturated carbocycles.